The third-order valence-electron chi connectivity index (χ3n) is 5.41. The Bertz CT molecular complexity index is 1000. The van der Waals surface area contributed by atoms with Gasteiger partial charge in [-0.2, -0.15) is 10.2 Å². The number of rotatable bonds is 5. The van der Waals surface area contributed by atoms with Crippen molar-refractivity contribution in [3.05, 3.63) is 71.9 Å². The molecule has 0 radical (unpaired) electrons. The highest BCUT2D eigenvalue weighted by molar-refractivity contribution is 5.90. The zero-order valence-corrected chi connectivity index (χ0v) is 16.7. The second-order valence-electron chi connectivity index (χ2n) is 7.65. The number of hydrazone groups is 1. The molecule has 1 heterocycles. The monoisotopic (exact) mass is 386 g/mol. The molecule has 0 aliphatic heterocycles. The molecule has 1 N–H and O–H groups in total. The first-order valence-corrected chi connectivity index (χ1v) is 10.3. The van der Waals surface area contributed by atoms with Crippen LogP contribution in [0.4, 0.5) is 0 Å². The van der Waals surface area contributed by atoms with E-state index < -0.39 is 0 Å². The number of hydrogen-bond acceptors (Lipinski definition) is 3. The number of hydrogen-bond donors (Lipinski definition) is 1. The van der Waals surface area contributed by atoms with E-state index in [0.717, 1.165) is 48.2 Å². The van der Waals surface area contributed by atoms with Crippen LogP contribution in [0.15, 0.2) is 65.9 Å². The number of nitrogens with one attached hydrogen (secondary N) is 1. The van der Waals surface area contributed by atoms with E-state index in [1.165, 1.54) is 12.0 Å². The van der Waals surface area contributed by atoms with Gasteiger partial charge in [-0.05, 0) is 38.0 Å². The topological polar surface area (TPSA) is 59.3 Å². The second-order valence-corrected chi connectivity index (χ2v) is 7.65. The van der Waals surface area contributed by atoms with Crippen LogP contribution in [-0.4, -0.2) is 21.9 Å². The summed E-state index contributed by atoms with van der Waals surface area (Å²) in [6.45, 7) is 2.07. The fourth-order valence-corrected chi connectivity index (χ4v) is 3.83. The fourth-order valence-electron chi connectivity index (χ4n) is 3.83. The quantitative estimate of drug-likeness (QED) is 0.502. The molecule has 3 aromatic rings. The minimum atomic E-state index is 0.0218. The summed E-state index contributed by atoms with van der Waals surface area (Å²) in [5.74, 6) is 0.109. The summed E-state index contributed by atoms with van der Waals surface area (Å²) in [5.41, 5.74) is 7.62. The van der Waals surface area contributed by atoms with E-state index in [2.05, 4.69) is 29.6 Å². The van der Waals surface area contributed by atoms with Crippen LogP contribution in [0.1, 0.15) is 43.2 Å². The van der Waals surface area contributed by atoms with E-state index >= 15 is 0 Å². The third-order valence-corrected chi connectivity index (χ3v) is 5.41. The molecular weight excluding hydrogens is 360 g/mol. The van der Waals surface area contributed by atoms with E-state index in [4.69, 9.17) is 5.10 Å². The number of aromatic nitrogens is 2. The Morgan fingerprint density at radius 1 is 1.10 bits per heavy atom. The number of carbonyl (C=O) groups is 1. The SMILES string of the molecule is Cc1cccc(-c2nn(-c3ccccc3)cc2/C=N/NC(=O)C2CCCCC2)c1. The Kier molecular flexibility index (Phi) is 5.84. The van der Waals surface area contributed by atoms with E-state index in [1.54, 1.807) is 6.21 Å². The van der Waals surface area contributed by atoms with Crippen LogP contribution in [-0.2, 0) is 4.79 Å². The molecule has 29 heavy (non-hydrogen) atoms. The van der Waals surface area contributed by atoms with Gasteiger partial charge in [0.15, 0.2) is 0 Å². The predicted molar refractivity (Wildman–Crippen MR) is 116 cm³/mol. The van der Waals surface area contributed by atoms with Gasteiger partial charge in [-0.1, -0.05) is 61.2 Å². The van der Waals surface area contributed by atoms with Crippen molar-refractivity contribution >= 4 is 12.1 Å². The number of amides is 1. The van der Waals surface area contributed by atoms with Crippen molar-refractivity contribution in [2.24, 2.45) is 11.0 Å². The van der Waals surface area contributed by atoms with Gasteiger partial charge < -0.3 is 0 Å². The molecule has 5 heteroatoms. The van der Waals surface area contributed by atoms with Crippen molar-refractivity contribution in [1.29, 1.82) is 0 Å². The van der Waals surface area contributed by atoms with Crippen molar-refractivity contribution in [3.8, 4) is 16.9 Å². The molecular formula is C24H26N4O. The summed E-state index contributed by atoms with van der Waals surface area (Å²) >= 11 is 0. The zero-order valence-electron chi connectivity index (χ0n) is 16.7. The molecule has 0 saturated heterocycles. The van der Waals surface area contributed by atoms with Gasteiger partial charge in [0, 0.05) is 23.2 Å². The molecule has 1 fully saturated rings. The average molecular weight is 386 g/mol. The minimum Gasteiger partial charge on any atom is -0.273 e. The molecule has 4 rings (SSSR count). The predicted octanol–water partition coefficient (Wildman–Crippen LogP) is 4.88. The van der Waals surface area contributed by atoms with Crippen LogP contribution < -0.4 is 5.43 Å². The third kappa shape index (κ3) is 4.62. The maximum Gasteiger partial charge on any atom is 0.243 e. The van der Waals surface area contributed by atoms with Crippen molar-refractivity contribution in [1.82, 2.24) is 15.2 Å². The van der Waals surface area contributed by atoms with E-state index in [9.17, 15) is 4.79 Å². The fraction of sp³-hybridized carbons (Fsp3) is 0.292. The molecule has 1 amide bonds. The van der Waals surface area contributed by atoms with Crippen molar-refractivity contribution in [3.63, 3.8) is 0 Å². The molecule has 1 aromatic heterocycles. The Hall–Kier alpha value is -3.21. The van der Waals surface area contributed by atoms with Crippen molar-refractivity contribution < 1.29 is 4.79 Å². The molecule has 0 spiro atoms. The standard InChI is InChI=1S/C24H26N4O/c1-18-9-8-12-20(15-18)23-21(17-28(27-23)22-13-6-3-7-14-22)16-25-26-24(29)19-10-4-2-5-11-19/h3,6-9,12-17,19H,2,4-5,10-11H2,1H3,(H,26,29)/b25-16+. The molecule has 1 saturated carbocycles. The van der Waals surface area contributed by atoms with E-state index in [0.29, 0.717) is 0 Å². The summed E-state index contributed by atoms with van der Waals surface area (Å²) in [4.78, 5) is 12.4. The van der Waals surface area contributed by atoms with Gasteiger partial charge in [0.2, 0.25) is 5.91 Å². The second kappa shape index (κ2) is 8.86. The average Bonchev–Trinajstić information content (AvgIpc) is 3.19. The molecule has 0 atom stereocenters. The summed E-state index contributed by atoms with van der Waals surface area (Å²) in [7, 11) is 0. The Morgan fingerprint density at radius 2 is 1.90 bits per heavy atom. The molecule has 148 valence electrons. The molecule has 1 aliphatic rings. The first-order valence-electron chi connectivity index (χ1n) is 10.3. The van der Waals surface area contributed by atoms with Gasteiger partial charge in [0.1, 0.15) is 5.69 Å². The van der Waals surface area contributed by atoms with Gasteiger partial charge in [-0.15, -0.1) is 0 Å². The van der Waals surface area contributed by atoms with E-state index in [1.807, 2.05) is 53.3 Å². The smallest absolute Gasteiger partial charge is 0.243 e. The molecule has 0 unspecified atom stereocenters. The van der Waals surface area contributed by atoms with Gasteiger partial charge in [-0.3, -0.25) is 4.79 Å². The summed E-state index contributed by atoms with van der Waals surface area (Å²) < 4.78 is 1.85. The van der Waals surface area contributed by atoms with Crippen LogP contribution in [0.5, 0.6) is 0 Å². The maximum absolute atomic E-state index is 12.4. The zero-order chi connectivity index (χ0) is 20.1. The summed E-state index contributed by atoms with van der Waals surface area (Å²) in [5, 5.41) is 9.05. The summed E-state index contributed by atoms with van der Waals surface area (Å²) in [6, 6.07) is 18.2. The number of carbonyl (C=O) groups excluding carboxylic acids is 1. The maximum atomic E-state index is 12.4. The van der Waals surface area contributed by atoms with Crippen LogP contribution in [0.3, 0.4) is 0 Å². The lowest BCUT2D eigenvalue weighted by Crippen LogP contribution is -2.28. The number of para-hydroxylation sites is 1. The normalized spacial score (nSPS) is 14.9. The molecule has 1 aliphatic carbocycles. The van der Waals surface area contributed by atoms with Crippen LogP contribution >= 0.6 is 0 Å². The first kappa shape index (κ1) is 19.1. The number of aryl methyl sites for hydroxylation is 1. The lowest BCUT2D eigenvalue weighted by atomic mass is 9.89. The first-order chi connectivity index (χ1) is 14.2. The highest BCUT2D eigenvalue weighted by atomic mass is 16.2. The van der Waals surface area contributed by atoms with Crippen molar-refractivity contribution in [2.45, 2.75) is 39.0 Å². The highest BCUT2D eigenvalue weighted by Crippen LogP contribution is 2.25. The van der Waals surface area contributed by atoms with Gasteiger partial charge in [-0.25, -0.2) is 10.1 Å². The highest BCUT2D eigenvalue weighted by Gasteiger charge is 2.20. The van der Waals surface area contributed by atoms with Gasteiger partial charge >= 0.3 is 0 Å². The van der Waals surface area contributed by atoms with Crippen LogP contribution in [0.2, 0.25) is 0 Å². The molecule has 0 bridgehead atoms. The lowest BCUT2D eigenvalue weighted by Gasteiger charge is -2.19. The molecule has 2 aromatic carbocycles. The van der Waals surface area contributed by atoms with Crippen LogP contribution in [0, 0.1) is 12.8 Å². The summed E-state index contributed by atoms with van der Waals surface area (Å²) in [6.07, 6.45) is 9.05. The van der Waals surface area contributed by atoms with Crippen LogP contribution in [0.25, 0.3) is 16.9 Å². The van der Waals surface area contributed by atoms with Gasteiger partial charge in [0.25, 0.3) is 0 Å². The largest absolute Gasteiger partial charge is 0.273 e. The Balaban J connectivity index is 1.60. The molecule has 5 nitrogen and oxygen atoms in total. The van der Waals surface area contributed by atoms with Crippen molar-refractivity contribution in [2.75, 3.05) is 0 Å². The Morgan fingerprint density at radius 3 is 2.66 bits per heavy atom. The number of benzene rings is 2. The van der Waals surface area contributed by atoms with Gasteiger partial charge in [0.05, 0.1) is 11.9 Å². The Labute approximate surface area is 171 Å². The number of nitrogens with zero attached hydrogens (tertiary/aromatic N) is 3. The minimum absolute atomic E-state index is 0.0218. The lowest BCUT2D eigenvalue weighted by molar-refractivity contribution is -0.125. The van der Waals surface area contributed by atoms with E-state index in [-0.39, 0.29) is 11.8 Å².